The van der Waals surface area contributed by atoms with Crippen LogP contribution in [0.1, 0.15) is 36.6 Å². The molecule has 2 aromatic heterocycles. The molecule has 1 atom stereocenters. The van der Waals surface area contributed by atoms with Crippen LogP contribution in [0.4, 0.5) is 0 Å². The van der Waals surface area contributed by atoms with Gasteiger partial charge in [-0.2, -0.15) is 0 Å². The van der Waals surface area contributed by atoms with E-state index in [4.69, 9.17) is 14.5 Å². The number of methoxy groups -OCH3 is 1. The summed E-state index contributed by atoms with van der Waals surface area (Å²) in [5.74, 6) is 1.41. The van der Waals surface area contributed by atoms with Gasteiger partial charge >= 0.3 is 0 Å². The van der Waals surface area contributed by atoms with Crippen molar-refractivity contribution in [3.8, 4) is 17.1 Å². The van der Waals surface area contributed by atoms with Crippen LogP contribution in [0.25, 0.3) is 11.4 Å². The number of aromatic amines is 1. The van der Waals surface area contributed by atoms with Crippen LogP contribution in [0.2, 0.25) is 0 Å². The second kappa shape index (κ2) is 10.3. The lowest BCUT2D eigenvalue weighted by Crippen LogP contribution is -2.34. The third-order valence-corrected chi connectivity index (χ3v) is 5.52. The number of benzene rings is 1. The van der Waals surface area contributed by atoms with E-state index in [1.54, 1.807) is 25.6 Å². The normalized spacial score (nSPS) is 16.9. The van der Waals surface area contributed by atoms with Gasteiger partial charge < -0.3 is 14.5 Å². The highest BCUT2D eigenvalue weighted by Crippen LogP contribution is 2.31. The van der Waals surface area contributed by atoms with Gasteiger partial charge in [0.25, 0.3) is 5.56 Å². The lowest BCUT2D eigenvalue weighted by molar-refractivity contribution is 0.137. The lowest BCUT2D eigenvalue weighted by Gasteiger charge is -2.35. The first-order valence-electron chi connectivity index (χ1n) is 10.7. The van der Waals surface area contributed by atoms with Crippen molar-refractivity contribution in [2.45, 2.75) is 31.8 Å². The Kier molecular flexibility index (Phi) is 7.07. The third kappa shape index (κ3) is 5.57. The number of rotatable bonds is 8. The van der Waals surface area contributed by atoms with Crippen LogP contribution in [0, 0.1) is 0 Å². The second-order valence-electron chi connectivity index (χ2n) is 7.73. The fourth-order valence-corrected chi connectivity index (χ4v) is 3.97. The van der Waals surface area contributed by atoms with Crippen LogP contribution < -0.4 is 10.3 Å². The number of hydrogen-bond donors (Lipinski definition) is 1. The van der Waals surface area contributed by atoms with Gasteiger partial charge in [0.05, 0.1) is 18.3 Å². The minimum atomic E-state index is -0.132. The summed E-state index contributed by atoms with van der Waals surface area (Å²) < 4.78 is 10.7. The van der Waals surface area contributed by atoms with Gasteiger partial charge in [-0.25, -0.2) is 4.98 Å². The Bertz CT molecular complexity index is 1020. The molecule has 162 valence electrons. The zero-order valence-electron chi connectivity index (χ0n) is 17.8. The molecular formula is C24H28N4O3. The van der Waals surface area contributed by atoms with E-state index < -0.39 is 0 Å². The van der Waals surface area contributed by atoms with E-state index >= 15 is 0 Å². The molecule has 7 heteroatoms. The van der Waals surface area contributed by atoms with Crippen LogP contribution in [0.15, 0.2) is 59.7 Å². The van der Waals surface area contributed by atoms with Crippen LogP contribution in [0.3, 0.4) is 0 Å². The molecule has 0 saturated carbocycles. The summed E-state index contributed by atoms with van der Waals surface area (Å²) in [6.45, 7) is 2.90. The minimum absolute atomic E-state index is 0.115. The summed E-state index contributed by atoms with van der Waals surface area (Å²) in [6.07, 6.45) is 6.69. The highest BCUT2D eigenvalue weighted by Gasteiger charge is 2.26. The monoisotopic (exact) mass is 420 g/mol. The van der Waals surface area contributed by atoms with Gasteiger partial charge in [-0.15, -0.1) is 0 Å². The summed E-state index contributed by atoms with van der Waals surface area (Å²) in [5, 5.41) is 0. The lowest BCUT2D eigenvalue weighted by atomic mass is 9.98. The van der Waals surface area contributed by atoms with Crippen molar-refractivity contribution in [3.05, 3.63) is 76.5 Å². The molecule has 1 fully saturated rings. The molecule has 1 N–H and O–H groups in total. The van der Waals surface area contributed by atoms with E-state index in [0.717, 1.165) is 49.4 Å². The van der Waals surface area contributed by atoms with E-state index in [1.165, 1.54) is 5.56 Å². The number of nitrogens with zero attached hydrogens (tertiary/aromatic N) is 3. The van der Waals surface area contributed by atoms with Gasteiger partial charge in [-0.1, -0.05) is 18.6 Å². The highest BCUT2D eigenvalue weighted by atomic mass is 16.5. The maximum Gasteiger partial charge on any atom is 0.251 e. The molecule has 0 radical (unpaired) electrons. The number of aromatic nitrogens is 3. The molecule has 0 bridgehead atoms. The van der Waals surface area contributed by atoms with Gasteiger partial charge in [-0.05, 0) is 49.2 Å². The van der Waals surface area contributed by atoms with E-state index in [2.05, 4.69) is 27.0 Å². The van der Waals surface area contributed by atoms with Gasteiger partial charge in [0.2, 0.25) is 0 Å². The zero-order valence-corrected chi connectivity index (χ0v) is 17.8. The largest absolute Gasteiger partial charge is 0.491 e. The summed E-state index contributed by atoms with van der Waals surface area (Å²) >= 11 is 0. The topological polar surface area (TPSA) is 80.3 Å². The molecule has 0 spiro atoms. The average molecular weight is 421 g/mol. The molecule has 7 nitrogen and oxygen atoms in total. The number of pyridine rings is 1. The van der Waals surface area contributed by atoms with Gasteiger partial charge in [-0.3, -0.25) is 14.7 Å². The van der Waals surface area contributed by atoms with Crippen molar-refractivity contribution >= 4 is 0 Å². The van der Waals surface area contributed by atoms with Crippen LogP contribution in [0.5, 0.6) is 5.75 Å². The predicted octanol–water partition coefficient (Wildman–Crippen LogP) is 3.58. The molecule has 1 aliphatic rings. The molecule has 0 unspecified atom stereocenters. The quantitative estimate of drug-likeness (QED) is 0.561. The summed E-state index contributed by atoms with van der Waals surface area (Å²) in [4.78, 5) is 26.6. The SMILES string of the molecule is COCCOc1ccc(CN2CCCC[C@@H]2c2cc(=O)[nH]c(-c3cccnc3)n2)cc1. The van der Waals surface area contributed by atoms with Crippen molar-refractivity contribution in [3.63, 3.8) is 0 Å². The smallest absolute Gasteiger partial charge is 0.251 e. The van der Waals surface area contributed by atoms with Crippen LogP contribution >= 0.6 is 0 Å². The van der Waals surface area contributed by atoms with Crippen molar-refractivity contribution in [2.75, 3.05) is 26.9 Å². The number of nitrogens with one attached hydrogen (secondary N) is 1. The summed E-state index contributed by atoms with van der Waals surface area (Å²) in [6, 6.07) is 13.7. The predicted molar refractivity (Wildman–Crippen MR) is 119 cm³/mol. The molecule has 1 aromatic carbocycles. The Hall–Kier alpha value is -3.03. The van der Waals surface area contributed by atoms with Gasteiger partial charge in [0.15, 0.2) is 0 Å². The first-order chi connectivity index (χ1) is 15.2. The Labute approximate surface area is 182 Å². The van der Waals surface area contributed by atoms with E-state index in [9.17, 15) is 4.79 Å². The zero-order chi connectivity index (χ0) is 21.5. The van der Waals surface area contributed by atoms with Crippen molar-refractivity contribution in [1.82, 2.24) is 19.9 Å². The number of piperidine rings is 1. The number of H-pyrrole nitrogens is 1. The number of ether oxygens (including phenoxy) is 2. The molecule has 31 heavy (non-hydrogen) atoms. The molecule has 3 aromatic rings. The molecule has 4 rings (SSSR count). The van der Waals surface area contributed by atoms with Crippen molar-refractivity contribution in [2.24, 2.45) is 0 Å². The second-order valence-corrected chi connectivity index (χ2v) is 7.73. The maximum atomic E-state index is 12.4. The van der Waals surface area contributed by atoms with Gasteiger partial charge in [0, 0.05) is 37.7 Å². The third-order valence-electron chi connectivity index (χ3n) is 5.52. The fraction of sp³-hybridized carbons (Fsp3) is 0.375. The Morgan fingerprint density at radius 3 is 2.81 bits per heavy atom. The van der Waals surface area contributed by atoms with E-state index in [-0.39, 0.29) is 11.6 Å². The number of hydrogen-bond acceptors (Lipinski definition) is 6. The van der Waals surface area contributed by atoms with Gasteiger partial charge in [0.1, 0.15) is 18.2 Å². The molecule has 1 saturated heterocycles. The molecule has 1 aliphatic heterocycles. The standard InChI is InChI=1S/C24H28N4O3/c1-30-13-14-31-20-9-7-18(8-10-20)17-28-12-3-2-6-22(28)21-15-23(29)27-24(26-21)19-5-4-11-25-16-19/h4-5,7-11,15-16,22H,2-3,6,12-14,17H2,1H3,(H,26,27,29)/t22-/m1/s1. The molecule has 0 amide bonds. The molecule has 3 heterocycles. The first-order valence-corrected chi connectivity index (χ1v) is 10.7. The number of likely N-dealkylation sites (tertiary alicyclic amines) is 1. The van der Waals surface area contributed by atoms with E-state index in [0.29, 0.717) is 19.0 Å². The van der Waals surface area contributed by atoms with Crippen molar-refractivity contribution in [1.29, 1.82) is 0 Å². The van der Waals surface area contributed by atoms with Crippen LogP contribution in [-0.2, 0) is 11.3 Å². The van der Waals surface area contributed by atoms with Crippen molar-refractivity contribution < 1.29 is 9.47 Å². The highest BCUT2D eigenvalue weighted by molar-refractivity contribution is 5.52. The summed E-state index contributed by atoms with van der Waals surface area (Å²) in [5.41, 5.74) is 2.71. The van der Waals surface area contributed by atoms with Crippen LogP contribution in [-0.4, -0.2) is 46.7 Å². The Balaban J connectivity index is 1.52. The fourth-order valence-electron chi connectivity index (χ4n) is 3.97. The molecular weight excluding hydrogens is 392 g/mol. The Morgan fingerprint density at radius 2 is 2.03 bits per heavy atom. The minimum Gasteiger partial charge on any atom is -0.491 e. The first kappa shape index (κ1) is 21.2. The maximum absolute atomic E-state index is 12.4. The van der Waals surface area contributed by atoms with E-state index in [1.807, 2.05) is 24.3 Å². The molecule has 0 aliphatic carbocycles. The average Bonchev–Trinajstić information content (AvgIpc) is 2.81. The Morgan fingerprint density at radius 1 is 1.16 bits per heavy atom. The summed E-state index contributed by atoms with van der Waals surface area (Å²) in [7, 11) is 1.66.